The average Bonchev–Trinajstić information content (AvgIpc) is 2.41. The molecule has 1 saturated heterocycles. The summed E-state index contributed by atoms with van der Waals surface area (Å²) >= 11 is 0. The molecule has 0 atom stereocenters. The van der Waals surface area contributed by atoms with Crippen LogP contribution in [0.4, 0.5) is 0 Å². The maximum atomic E-state index is 4.01. The molecule has 4 heteroatoms. The van der Waals surface area contributed by atoms with Crippen molar-refractivity contribution >= 4 is 0 Å². The Hall–Kier alpha value is -1.00. The van der Waals surface area contributed by atoms with E-state index in [1.807, 2.05) is 12.4 Å². The van der Waals surface area contributed by atoms with Crippen LogP contribution in [0.25, 0.3) is 0 Å². The third-order valence-corrected chi connectivity index (χ3v) is 3.53. The van der Waals surface area contributed by atoms with E-state index in [1.165, 1.54) is 38.0 Å². The summed E-state index contributed by atoms with van der Waals surface area (Å²) in [6.07, 6.45) is 7.97. The number of aromatic nitrogens is 2. The Kier molecular flexibility index (Phi) is 4.88. The lowest BCUT2D eigenvalue weighted by Gasteiger charge is -2.31. The van der Waals surface area contributed by atoms with E-state index in [2.05, 4.69) is 27.1 Å². The Balaban J connectivity index is 1.63. The van der Waals surface area contributed by atoms with E-state index in [4.69, 9.17) is 0 Å². The fraction of sp³-hybridized carbons (Fsp3) is 0.692. The van der Waals surface area contributed by atoms with Crippen LogP contribution >= 0.6 is 0 Å². The summed E-state index contributed by atoms with van der Waals surface area (Å²) in [5.41, 5.74) is 1.17. The number of rotatable bonds is 5. The molecule has 0 radical (unpaired) electrons. The first-order valence-electron chi connectivity index (χ1n) is 6.55. The van der Waals surface area contributed by atoms with Crippen molar-refractivity contribution < 1.29 is 0 Å². The Morgan fingerprint density at radius 2 is 2.00 bits per heavy atom. The maximum absolute atomic E-state index is 4.01. The van der Waals surface area contributed by atoms with Gasteiger partial charge in [-0.2, -0.15) is 0 Å². The second kappa shape index (κ2) is 6.67. The Bertz CT molecular complexity index is 306. The van der Waals surface area contributed by atoms with E-state index in [9.17, 15) is 0 Å². The van der Waals surface area contributed by atoms with Gasteiger partial charge in [-0.1, -0.05) is 6.92 Å². The van der Waals surface area contributed by atoms with Gasteiger partial charge in [-0.05, 0) is 44.9 Å². The molecule has 0 spiro atoms. The zero-order chi connectivity index (χ0) is 11.9. The molecule has 0 aliphatic carbocycles. The van der Waals surface area contributed by atoms with Crippen LogP contribution in [-0.4, -0.2) is 41.0 Å². The maximum Gasteiger partial charge on any atom is 0.115 e. The fourth-order valence-electron chi connectivity index (χ4n) is 2.35. The number of likely N-dealkylation sites (tertiary alicyclic amines) is 1. The van der Waals surface area contributed by atoms with Gasteiger partial charge in [-0.25, -0.2) is 9.97 Å². The lowest BCUT2D eigenvalue weighted by atomic mass is 9.97. The molecule has 0 bridgehead atoms. The van der Waals surface area contributed by atoms with Crippen LogP contribution in [0.5, 0.6) is 0 Å². The highest BCUT2D eigenvalue weighted by Gasteiger charge is 2.17. The summed E-state index contributed by atoms with van der Waals surface area (Å²) in [5.74, 6) is 0.836. The number of hydrogen-bond acceptors (Lipinski definition) is 4. The smallest absolute Gasteiger partial charge is 0.115 e. The van der Waals surface area contributed by atoms with Crippen molar-refractivity contribution in [3.63, 3.8) is 0 Å². The first-order chi connectivity index (χ1) is 8.38. The summed E-state index contributed by atoms with van der Waals surface area (Å²) in [4.78, 5) is 10.6. The van der Waals surface area contributed by atoms with Crippen molar-refractivity contribution in [3.8, 4) is 0 Å². The minimum Gasteiger partial charge on any atom is -0.312 e. The average molecular weight is 234 g/mol. The SMILES string of the molecule is CCN1CCC(CNCc2cncnc2)CC1. The summed E-state index contributed by atoms with van der Waals surface area (Å²) in [6.45, 7) is 7.96. The van der Waals surface area contributed by atoms with Gasteiger partial charge in [-0.15, -0.1) is 0 Å². The number of nitrogens with zero attached hydrogens (tertiary/aromatic N) is 3. The predicted molar refractivity (Wildman–Crippen MR) is 68.6 cm³/mol. The predicted octanol–water partition coefficient (Wildman–Crippen LogP) is 1.30. The normalized spacial score (nSPS) is 18.4. The van der Waals surface area contributed by atoms with Gasteiger partial charge < -0.3 is 10.2 Å². The van der Waals surface area contributed by atoms with Crippen molar-refractivity contribution in [2.45, 2.75) is 26.3 Å². The lowest BCUT2D eigenvalue weighted by molar-refractivity contribution is 0.190. The van der Waals surface area contributed by atoms with Crippen LogP contribution in [0.3, 0.4) is 0 Å². The van der Waals surface area contributed by atoms with Gasteiger partial charge in [0.15, 0.2) is 0 Å². The van der Waals surface area contributed by atoms with Crippen molar-refractivity contribution in [2.24, 2.45) is 5.92 Å². The third kappa shape index (κ3) is 4.06. The molecule has 0 saturated carbocycles. The van der Waals surface area contributed by atoms with Crippen LogP contribution in [0.2, 0.25) is 0 Å². The van der Waals surface area contributed by atoms with E-state index in [1.54, 1.807) is 6.33 Å². The van der Waals surface area contributed by atoms with Gasteiger partial charge in [0.05, 0.1) is 0 Å². The second-order valence-electron chi connectivity index (χ2n) is 4.76. The van der Waals surface area contributed by atoms with E-state index >= 15 is 0 Å². The van der Waals surface area contributed by atoms with Crippen LogP contribution in [0.15, 0.2) is 18.7 Å². The van der Waals surface area contributed by atoms with Gasteiger partial charge >= 0.3 is 0 Å². The molecule has 1 fully saturated rings. The first kappa shape index (κ1) is 12.5. The van der Waals surface area contributed by atoms with E-state index in [-0.39, 0.29) is 0 Å². The zero-order valence-electron chi connectivity index (χ0n) is 10.6. The molecule has 1 N–H and O–H groups in total. The molecule has 0 aromatic carbocycles. The topological polar surface area (TPSA) is 41.0 Å². The summed E-state index contributed by atoms with van der Waals surface area (Å²) in [6, 6.07) is 0. The molecule has 1 aromatic heterocycles. The van der Waals surface area contributed by atoms with Crippen LogP contribution < -0.4 is 5.32 Å². The fourth-order valence-corrected chi connectivity index (χ4v) is 2.35. The van der Waals surface area contributed by atoms with Gasteiger partial charge in [0.2, 0.25) is 0 Å². The second-order valence-corrected chi connectivity index (χ2v) is 4.76. The van der Waals surface area contributed by atoms with Gasteiger partial charge in [0, 0.05) is 24.5 Å². The Labute approximate surface area is 103 Å². The molecule has 1 aliphatic heterocycles. The van der Waals surface area contributed by atoms with E-state index in [0.717, 1.165) is 19.0 Å². The van der Waals surface area contributed by atoms with Gasteiger partial charge in [-0.3, -0.25) is 0 Å². The molecule has 1 aromatic rings. The van der Waals surface area contributed by atoms with Gasteiger partial charge in [0.25, 0.3) is 0 Å². The van der Waals surface area contributed by atoms with Crippen molar-refractivity contribution in [1.29, 1.82) is 0 Å². The molecule has 4 nitrogen and oxygen atoms in total. The minimum absolute atomic E-state index is 0.836. The molecular weight excluding hydrogens is 212 g/mol. The molecule has 2 rings (SSSR count). The van der Waals surface area contributed by atoms with E-state index < -0.39 is 0 Å². The van der Waals surface area contributed by atoms with Gasteiger partial charge in [0.1, 0.15) is 6.33 Å². The molecule has 0 amide bonds. The highest BCUT2D eigenvalue weighted by Crippen LogP contribution is 2.15. The van der Waals surface area contributed by atoms with Crippen molar-refractivity contribution in [3.05, 3.63) is 24.3 Å². The van der Waals surface area contributed by atoms with Crippen LogP contribution in [-0.2, 0) is 6.54 Å². The monoisotopic (exact) mass is 234 g/mol. The summed E-state index contributed by atoms with van der Waals surface area (Å²) in [7, 11) is 0. The number of piperidine rings is 1. The highest BCUT2D eigenvalue weighted by atomic mass is 15.1. The lowest BCUT2D eigenvalue weighted by Crippen LogP contribution is -2.36. The Morgan fingerprint density at radius 3 is 2.65 bits per heavy atom. The summed E-state index contributed by atoms with van der Waals surface area (Å²) < 4.78 is 0. The summed E-state index contributed by atoms with van der Waals surface area (Å²) in [5, 5.41) is 3.51. The minimum atomic E-state index is 0.836. The first-order valence-corrected chi connectivity index (χ1v) is 6.55. The standard InChI is InChI=1S/C13H22N4/c1-2-17-5-3-12(4-6-17)7-14-8-13-9-15-11-16-10-13/h9-12,14H,2-8H2,1H3. The van der Waals surface area contributed by atoms with Crippen LogP contribution in [0, 0.1) is 5.92 Å². The molecular formula is C13H22N4. The highest BCUT2D eigenvalue weighted by molar-refractivity contribution is 5.01. The molecule has 94 valence electrons. The largest absolute Gasteiger partial charge is 0.312 e. The molecule has 1 aliphatic rings. The zero-order valence-corrected chi connectivity index (χ0v) is 10.6. The Morgan fingerprint density at radius 1 is 1.29 bits per heavy atom. The van der Waals surface area contributed by atoms with E-state index in [0.29, 0.717) is 0 Å². The number of hydrogen-bond donors (Lipinski definition) is 1. The van der Waals surface area contributed by atoms with Crippen molar-refractivity contribution in [2.75, 3.05) is 26.2 Å². The van der Waals surface area contributed by atoms with Crippen molar-refractivity contribution in [1.82, 2.24) is 20.2 Å². The number of nitrogens with one attached hydrogen (secondary N) is 1. The quantitative estimate of drug-likeness (QED) is 0.833. The molecule has 17 heavy (non-hydrogen) atoms. The molecule has 0 unspecified atom stereocenters. The third-order valence-electron chi connectivity index (χ3n) is 3.53. The molecule has 2 heterocycles. The van der Waals surface area contributed by atoms with Crippen LogP contribution in [0.1, 0.15) is 25.3 Å².